The molecule has 2 aliphatic rings. The smallest absolute Gasteiger partial charge is 0.404 e. The number of ether oxygens (including phenoxy) is 1. The van der Waals surface area contributed by atoms with Gasteiger partial charge >= 0.3 is 6.09 Å². The number of thiazole rings is 1. The maximum atomic E-state index is 13.2. The van der Waals surface area contributed by atoms with E-state index in [1.54, 1.807) is 36.7 Å². The van der Waals surface area contributed by atoms with Gasteiger partial charge in [-0.1, -0.05) is 23.5 Å². The topological polar surface area (TPSA) is 150 Å². The van der Waals surface area contributed by atoms with Crippen molar-refractivity contribution < 1.29 is 23.1 Å². The van der Waals surface area contributed by atoms with E-state index < -0.39 is 16.1 Å². The quantitative estimate of drug-likeness (QED) is 0.270. The van der Waals surface area contributed by atoms with E-state index in [-0.39, 0.29) is 10.9 Å². The molecular formula is C28H31N7O5S2. The molecule has 0 radical (unpaired) electrons. The first-order chi connectivity index (χ1) is 20.3. The first-order valence-corrected chi connectivity index (χ1v) is 16.0. The van der Waals surface area contributed by atoms with Crippen molar-refractivity contribution in [1.29, 1.82) is 0 Å². The van der Waals surface area contributed by atoms with Crippen LogP contribution in [0.2, 0.25) is 0 Å². The lowest BCUT2D eigenvalue weighted by atomic mass is 10.0. The molecule has 0 spiro atoms. The van der Waals surface area contributed by atoms with Crippen LogP contribution in [0.15, 0.2) is 59.8 Å². The number of carbonyl (C=O) groups is 1. The summed E-state index contributed by atoms with van der Waals surface area (Å²) < 4.78 is 34.6. The Kier molecular flexibility index (Phi) is 8.20. The lowest BCUT2D eigenvalue weighted by Gasteiger charge is -2.32. The summed E-state index contributed by atoms with van der Waals surface area (Å²) in [5.41, 5.74) is 2.90. The number of likely N-dealkylation sites (tertiary alicyclic amines) is 1. The van der Waals surface area contributed by atoms with E-state index in [1.807, 2.05) is 18.2 Å². The van der Waals surface area contributed by atoms with E-state index in [9.17, 15) is 13.2 Å². The highest BCUT2D eigenvalue weighted by molar-refractivity contribution is 7.92. The molecule has 2 aromatic carbocycles. The second-order valence-electron chi connectivity index (χ2n) is 10.3. The molecule has 3 N–H and O–H groups in total. The number of carboxylic acid groups (broad SMARTS) is 1. The molecule has 1 amide bonds. The maximum Gasteiger partial charge on any atom is 0.404 e. The number of aromatic nitrogens is 3. The Morgan fingerprint density at radius 3 is 2.69 bits per heavy atom. The first-order valence-electron chi connectivity index (χ1n) is 13.7. The number of rotatable bonds is 8. The van der Waals surface area contributed by atoms with E-state index >= 15 is 0 Å². The zero-order chi connectivity index (χ0) is 29.1. The number of morpholine rings is 1. The number of nitrogens with zero attached hydrogens (tertiary/aromatic N) is 5. The monoisotopic (exact) mass is 609 g/mol. The van der Waals surface area contributed by atoms with Crippen molar-refractivity contribution in [3.05, 3.63) is 60.4 Å². The summed E-state index contributed by atoms with van der Waals surface area (Å²) in [4.78, 5) is 30.0. The van der Waals surface area contributed by atoms with Crippen LogP contribution in [0.5, 0.6) is 0 Å². The number of hydrogen-bond donors (Lipinski definition) is 3. The molecule has 4 heterocycles. The fourth-order valence-electron chi connectivity index (χ4n) is 5.33. The van der Waals surface area contributed by atoms with Crippen LogP contribution in [-0.2, 0) is 21.3 Å². The zero-order valence-corrected chi connectivity index (χ0v) is 24.4. The molecule has 12 nitrogen and oxygen atoms in total. The molecule has 14 heteroatoms. The van der Waals surface area contributed by atoms with Gasteiger partial charge in [-0.05, 0) is 61.3 Å². The van der Waals surface area contributed by atoms with Crippen molar-refractivity contribution in [3.63, 3.8) is 0 Å². The number of piperidine rings is 1. The van der Waals surface area contributed by atoms with Crippen molar-refractivity contribution in [3.8, 4) is 10.6 Å². The van der Waals surface area contributed by atoms with E-state index in [4.69, 9.17) is 14.8 Å². The van der Waals surface area contributed by atoms with Gasteiger partial charge in [-0.3, -0.25) is 9.62 Å². The van der Waals surface area contributed by atoms with Gasteiger partial charge in [-0.15, -0.1) is 0 Å². The number of sulfonamides is 1. The molecule has 0 bridgehead atoms. The van der Waals surface area contributed by atoms with Crippen LogP contribution < -0.4 is 14.9 Å². The number of benzene rings is 2. The van der Waals surface area contributed by atoms with Crippen molar-refractivity contribution in [2.45, 2.75) is 30.3 Å². The largest absolute Gasteiger partial charge is 0.465 e. The van der Waals surface area contributed by atoms with Crippen molar-refractivity contribution in [2.24, 2.45) is 0 Å². The zero-order valence-electron chi connectivity index (χ0n) is 22.8. The van der Waals surface area contributed by atoms with Crippen LogP contribution >= 0.6 is 11.3 Å². The van der Waals surface area contributed by atoms with Gasteiger partial charge in [0.05, 0.1) is 18.1 Å². The summed E-state index contributed by atoms with van der Waals surface area (Å²) in [5, 5.41) is 12.4. The molecule has 0 unspecified atom stereocenters. The molecule has 0 aliphatic carbocycles. The van der Waals surface area contributed by atoms with E-state index in [0.29, 0.717) is 32.0 Å². The molecule has 42 heavy (non-hydrogen) atoms. The molecule has 220 valence electrons. The predicted molar refractivity (Wildman–Crippen MR) is 160 cm³/mol. The van der Waals surface area contributed by atoms with Gasteiger partial charge in [0.1, 0.15) is 21.7 Å². The first kappa shape index (κ1) is 28.3. The van der Waals surface area contributed by atoms with Gasteiger partial charge in [-0.25, -0.2) is 28.2 Å². The highest BCUT2D eigenvalue weighted by Crippen LogP contribution is 2.33. The highest BCUT2D eigenvalue weighted by atomic mass is 32.2. The van der Waals surface area contributed by atoms with E-state index in [2.05, 4.69) is 29.8 Å². The summed E-state index contributed by atoms with van der Waals surface area (Å²) in [6.45, 7) is 4.75. The Hall–Kier alpha value is -3.85. The van der Waals surface area contributed by atoms with Gasteiger partial charge in [0.15, 0.2) is 5.82 Å². The number of fused-ring (bicyclic) bond motifs is 1. The number of hydrogen-bond acceptors (Lipinski definition) is 10. The fourth-order valence-corrected chi connectivity index (χ4v) is 7.36. The molecule has 1 atom stereocenters. The molecule has 2 fully saturated rings. The van der Waals surface area contributed by atoms with Gasteiger partial charge < -0.3 is 20.1 Å². The Morgan fingerprint density at radius 1 is 1.10 bits per heavy atom. The fraction of sp³-hybridized carbons (Fsp3) is 0.357. The van der Waals surface area contributed by atoms with Crippen LogP contribution in [0.3, 0.4) is 0 Å². The van der Waals surface area contributed by atoms with E-state index in [0.717, 1.165) is 64.8 Å². The minimum Gasteiger partial charge on any atom is -0.465 e. The van der Waals surface area contributed by atoms with Crippen LogP contribution in [0, 0.1) is 0 Å². The molecule has 2 aliphatic heterocycles. The number of nitrogens with one attached hydrogen (secondary N) is 2. The lowest BCUT2D eigenvalue weighted by molar-refractivity contribution is 0.122. The van der Waals surface area contributed by atoms with Gasteiger partial charge in [0.25, 0.3) is 10.0 Å². The Morgan fingerprint density at radius 2 is 1.90 bits per heavy atom. The molecule has 6 rings (SSSR count). The minimum atomic E-state index is -3.82. The molecule has 2 saturated heterocycles. The standard InChI is InChI=1S/C28H31N7O5S2/c36-28(37)31-22-4-2-10-34(17-22)16-19-3-1-5-23(15-19)42(38,39)33-21-8-6-20(7-9-21)26-32-24-25(29-18-30-27(24)41-26)35-11-13-40-14-12-35/h1,3,5-9,15,18,22,31,33H,2,4,10-14,16-17H2,(H,36,37)/t22-/m1/s1. The molecular weight excluding hydrogens is 578 g/mol. The lowest BCUT2D eigenvalue weighted by Crippen LogP contribution is -2.46. The molecule has 4 aromatic rings. The summed E-state index contributed by atoms with van der Waals surface area (Å²) in [6.07, 6.45) is 2.20. The minimum absolute atomic E-state index is 0.129. The maximum absolute atomic E-state index is 13.2. The number of amides is 1. The molecule has 2 aromatic heterocycles. The van der Waals surface area contributed by atoms with Gasteiger partial charge in [-0.2, -0.15) is 0 Å². The third kappa shape index (κ3) is 6.46. The summed E-state index contributed by atoms with van der Waals surface area (Å²) >= 11 is 1.47. The van der Waals surface area contributed by atoms with E-state index in [1.165, 1.54) is 11.3 Å². The highest BCUT2D eigenvalue weighted by Gasteiger charge is 2.23. The van der Waals surface area contributed by atoms with Crippen molar-refractivity contribution in [1.82, 2.24) is 25.2 Å². The van der Waals surface area contributed by atoms with Gasteiger partial charge in [0, 0.05) is 43.5 Å². The van der Waals surface area contributed by atoms with Crippen molar-refractivity contribution in [2.75, 3.05) is 49.0 Å². The second-order valence-corrected chi connectivity index (χ2v) is 13.0. The summed E-state index contributed by atoms with van der Waals surface area (Å²) in [5.74, 6) is 0.800. The summed E-state index contributed by atoms with van der Waals surface area (Å²) in [6, 6.07) is 13.8. The third-order valence-electron chi connectivity index (χ3n) is 7.32. The average Bonchev–Trinajstić information content (AvgIpc) is 3.43. The normalized spacial score (nSPS) is 18.2. The number of anilines is 2. The molecule has 0 saturated carbocycles. The Bertz CT molecular complexity index is 1670. The van der Waals surface area contributed by atoms with Crippen molar-refractivity contribution >= 4 is 49.3 Å². The summed E-state index contributed by atoms with van der Waals surface area (Å²) in [7, 11) is -3.82. The second kappa shape index (κ2) is 12.2. The SMILES string of the molecule is O=C(O)N[C@@H]1CCCN(Cc2cccc(S(=O)(=O)Nc3ccc(-c4nc5c(N6CCOCC6)ncnc5s4)cc3)c2)C1. The Balaban J connectivity index is 1.14. The van der Waals surface area contributed by atoms with Crippen LogP contribution in [0.4, 0.5) is 16.3 Å². The van der Waals surface area contributed by atoms with Gasteiger partial charge in [0.2, 0.25) is 0 Å². The van der Waals surface area contributed by atoms with Crippen LogP contribution in [-0.4, -0.2) is 84.9 Å². The third-order valence-corrected chi connectivity index (χ3v) is 9.71. The Labute approximate surface area is 247 Å². The predicted octanol–water partition coefficient (Wildman–Crippen LogP) is 3.62. The average molecular weight is 610 g/mol. The van der Waals surface area contributed by atoms with Crippen LogP contribution in [0.25, 0.3) is 20.9 Å². The van der Waals surface area contributed by atoms with Crippen LogP contribution in [0.1, 0.15) is 18.4 Å².